The Labute approximate surface area is 147 Å². The van der Waals surface area contributed by atoms with E-state index >= 15 is 0 Å². The summed E-state index contributed by atoms with van der Waals surface area (Å²) in [6.07, 6.45) is 0.825. The first kappa shape index (κ1) is 18.3. The molecule has 0 bridgehead atoms. The molecule has 0 atom stereocenters. The third-order valence-electron chi connectivity index (χ3n) is 3.57. The molecule has 0 heterocycles. The van der Waals surface area contributed by atoms with Gasteiger partial charge in [-0.1, -0.05) is 18.2 Å². The van der Waals surface area contributed by atoms with Crippen LogP contribution in [0.5, 0.6) is 11.5 Å². The molecule has 132 valence electrons. The van der Waals surface area contributed by atoms with E-state index < -0.39 is 0 Å². The van der Waals surface area contributed by atoms with Crippen LogP contribution in [0.4, 0.5) is 11.4 Å². The molecule has 2 amide bonds. The van der Waals surface area contributed by atoms with Crippen LogP contribution in [0.25, 0.3) is 0 Å². The van der Waals surface area contributed by atoms with E-state index in [1.54, 1.807) is 38.5 Å². The fourth-order valence-electron chi connectivity index (χ4n) is 2.50. The van der Waals surface area contributed by atoms with Crippen LogP contribution < -0.4 is 20.1 Å². The quantitative estimate of drug-likeness (QED) is 0.810. The lowest BCUT2D eigenvalue weighted by Crippen LogP contribution is -2.13. The van der Waals surface area contributed by atoms with Crippen molar-refractivity contribution < 1.29 is 19.1 Å². The molecular formula is C19H22N2O4. The highest BCUT2D eigenvalue weighted by Gasteiger charge is 2.11. The Morgan fingerprint density at radius 3 is 2.28 bits per heavy atom. The van der Waals surface area contributed by atoms with Crippen molar-refractivity contribution in [3.05, 3.63) is 48.0 Å². The average Bonchev–Trinajstić information content (AvgIpc) is 2.59. The molecule has 0 radical (unpaired) electrons. The number of amides is 2. The Balaban J connectivity index is 1.99. The van der Waals surface area contributed by atoms with Crippen LogP contribution in [-0.2, 0) is 16.0 Å². The summed E-state index contributed by atoms with van der Waals surface area (Å²) in [6, 6.07) is 12.6. The van der Waals surface area contributed by atoms with Crippen molar-refractivity contribution in [3.8, 4) is 11.5 Å². The van der Waals surface area contributed by atoms with Gasteiger partial charge < -0.3 is 20.1 Å². The number of methoxy groups -OCH3 is 2. The van der Waals surface area contributed by atoms with Gasteiger partial charge in [-0.15, -0.1) is 0 Å². The fourth-order valence-corrected chi connectivity index (χ4v) is 2.50. The maximum atomic E-state index is 12.2. The first-order valence-electron chi connectivity index (χ1n) is 7.91. The molecule has 25 heavy (non-hydrogen) atoms. The van der Waals surface area contributed by atoms with Gasteiger partial charge in [0, 0.05) is 24.7 Å². The molecule has 6 heteroatoms. The van der Waals surface area contributed by atoms with Crippen LogP contribution in [0.2, 0.25) is 0 Å². The number of anilines is 2. The molecule has 0 aliphatic carbocycles. The van der Waals surface area contributed by atoms with Gasteiger partial charge in [-0.2, -0.15) is 0 Å². The minimum absolute atomic E-state index is 0.121. The molecular weight excluding hydrogens is 320 g/mol. The molecule has 0 aliphatic rings. The highest BCUT2D eigenvalue weighted by Crippen LogP contribution is 2.31. The summed E-state index contributed by atoms with van der Waals surface area (Å²) in [5.41, 5.74) is 2.18. The zero-order valence-corrected chi connectivity index (χ0v) is 14.6. The molecule has 0 spiro atoms. The number of benzene rings is 2. The molecule has 2 aromatic rings. The number of nitrogens with one attached hydrogen (secondary N) is 2. The highest BCUT2D eigenvalue weighted by atomic mass is 16.5. The number of para-hydroxylation sites is 1. The molecule has 0 saturated carbocycles. The largest absolute Gasteiger partial charge is 0.493 e. The molecule has 6 nitrogen and oxygen atoms in total. The first-order valence-corrected chi connectivity index (χ1v) is 7.91. The third-order valence-corrected chi connectivity index (χ3v) is 3.57. The maximum Gasteiger partial charge on any atom is 0.224 e. The highest BCUT2D eigenvalue weighted by molar-refractivity contribution is 5.93. The van der Waals surface area contributed by atoms with Crippen LogP contribution in [-0.4, -0.2) is 26.0 Å². The van der Waals surface area contributed by atoms with Crippen LogP contribution in [0.15, 0.2) is 42.5 Å². The van der Waals surface area contributed by atoms with Gasteiger partial charge in [-0.25, -0.2) is 0 Å². The molecule has 0 aliphatic heterocycles. The second-order valence-corrected chi connectivity index (χ2v) is 5.46. The summed E-state index contributed by atoms with van der Waals surface area (Å²) in [5, 5.41) is 5.51. The molecule has 0 unspecified atom stereocenters. The molecule has 0 aromatic heterocycles. The summed E-state index contributed by atoms with van der Waals surface area (Å²) in [6.45, 7) is 1.44. The van der Waals surface area contributed by atoms with E-state index in [1.165, 1.54) is 6.92 Å². The Bertz CT molecular complexity index is 759. The normalized spacial score (nSPS) is 10.0. The summed E-state index contributed by atoms with van der Waals surface area (Å²) >= 11 is 0. The lowest BCUT2D eigenvalue weighted by molar-refractivity contribution is -0.116. The van der Waals surface area contributed by atoms with Crippen LogP contribution in [0, 0.1) is 0 Å². The Morgan fingerprint density at radius 2 is 1.64 bits per heavy atom. The molecule has 2 N–H and O–H groups in total. The predicted octanol–water partition coefficient (Wildman–Crippen LogP) is 3.23. The van der Waals surface area contributed by atoms with E-state index in [1.807, 2.05) is 18.2 Å². The number of hydrogen-bond acceptors (Lipinski definition) is 4. The Kier molecular flexibility index (Phi) is 6.39. The van der Waals surface area contributed by atoms with E-state index in [-0.39, 0.29) is 11.8 Å². The van der Waals surface area contributed by atoms with Gasteiger partial charge in [0.05, 0.1) is 14.2 Å². The van der Waals surface area contributed by atoms with Gasteiger partial charge in [-0.3, -0.25) is 9.59 Å². The summed E-state index contributed by atoms with van der Waals surface area (Å²) in [7, 11) is 3.16. The fraction of sp³-hybridized carbons (Fsp3) is 0.263. The van der Waals surface area contributed by atoms with Gasteiger partial charge in [0.15, 0.2) is 11.5 Å². The van der Waals surface area contributed by atoms with E-state index in [0.717, 1.165) is 5.56 Å². The van der Waals surface area contributed by atoms with Crippen molar-refractivity contribution in [1.82, 2.24) is 0 Å². The first-order chi connectivity index (χ1) is 12.0. The molecule has 2 rings (SSSR count). The van der Waals surface area contributed by atoms with Crippen molar-refractivity contribution in [2.45, 2.75) is 19.8 Å². The summed E-state index contributed by atoms with van der Waals surface area (Å²) in [5.74, 6) is 1.01. The monoisotopic (exact) mass is 342 g/mol. The summed E-state index contributed by atoms with van der Waals surface area (Å²) < 4.78 is 10.6. The van der Waals surface area contributed by atoms with Crippen molar-refractivity contribution in [1.29, 1.82) is 0 Å². The molecule has 2 aromatic carbocycles. The van der Waals surface area contributed by atoms with Gasteiger partial charge in [0.25, 0.3) is 0 Å². The molecule has 0 saturated heterocycles. The number of carbonyl (C=O) groups excluding carboxylic acids is 2. The van der Waals surface area contributed by atoms with Gasteiger partial charge in [0.2, 0.25) is 11.8 Å². The second kappa shape index (κ2) is 8.73. The smallest absolute Gasteiger partial charge is 0.224 e. The third kappa shape index (κ3) is 5.24. The average molecular weight is 342 g/mol. The zero-order chi connectivity index (χ0) is 18.2. The van der Waals surface area contributed by atoms with Gasteiger partial charge in [-0.05, 0) is 36.2 Å². The number of aryl methyl sites for hydroxylation is 1. The zero-order valence-electron chi connectivity index (χ0n) is 14.6. The van der Waals surface area contributed by atoms with E-state index in [9.17, 15) is 9.59 Å². The lowest BCUT2D eigenvalue weighted by Gasteiger charge is -2.12. The van der Waals surface area contributed by atoms with Crippen LogP contribution in [0.3, 0.4) is 0 Å². The van der Waals surface area contributed by atoms with Crippen molar-refractivity contribution >= 4 is 23.2 Å². The maximum absolute atomic E-state index is 12.2. The molecule has 0 fully saturated rings. The van der Waals surface area contributed by atoms with Crippen molar-refractivity contribution in [2.24, 2.45) is 0 Å². The van der Waals surface area contributed by atoms with E-state index in [0.29, 0.717) is 35.7 Å². The topological polar surface area (TPSA) is 76.7 Å². The van der Waals surface area contributed by atoms with E-state index in [4.69, 9.17) is 9.47 Å². The van der Waals surface area contributed by atoms with Crippen LogP contribution in [0.1, 0.15) is 18.9 Å². The Morgan fingerprint density at radius 1 is 0.960 bits per heavy atom. The number of ether oxygens (including phenoxy) is 2. The minimum atomic E-state index is -0.159. The summed E-state index contributed by atoms with van der Waals surface area (Å²) in [4.78, 5) is 23.3. The van der Waals surface area contributed by atoms with Crippen molar-refractivity contribution in [2.75, 3.05) is 24.9 Å². The SMILES string of the molecule is COc1cccc(CCC(=O)Nc2cccc(NC(C)=O)c2)c1OC. The Hall–Kier alpha value is -3.02. The van der Waals surface area contributed by atoms with Gasteiger partial charge >= 0.3 is 0 Å². The minimum Gasteiger partial charge on any atom is -0.493 e. The van der Waals surface area contributed by atoms with Crippen molar-refractivity contribution in [3.63, 3.8) is 0 Å². The van der Waals surface area contributed by atoms with Crippen LogP contribution >= 0.6 is 0 Å². The predicted molar refractivity (Wildman–Crippen MR) is 97.2 cm³/mol. The standard InChI is InChI=1S/C19H22N2O4/c1-13(22)20-15-7-5-8-16(12-15)21-18(23)11-10-14-6-4-9-17(24-2)19(14)25-3/h4-9,12H,10-11H2,1-3H3,(H,20,22)(H,21,23). The lowest BCUT2D eigenvalue weighted by atomic mass is 10.1. The number of rotatable bonds is 7. The number of carbonyl (C=O) groups is 2. The van der Waals surface area contributed by atoms with E-state index in [2.05, 4.69) is 10.6 Å². The van der Waals surface area contributed by atoms with Gasteiger partial charge in [0.1, 0.15) is 0 Å². The number of hydrogen-bond donors (Lipinski definition) is 2. The second-order valence-electron chi connectivity index (χ2n) is 5.46.